The first-order valence-corrected chi connectivity index (χ1v) is 6.14. The number of rotatable bonds is 4. The highest BCUT2D eigenvalue weighted by Crippen LogP contribution is 2.25. The van der Waals surface area contributed by atoms with E-state index in [4.69, 9.17) is 0 Å². The van der Waals surface area contributed by atoms with Gasteiger partial charge in [0.05, 0.1) is 6.54 Å². The third-order valence-corrected chi connectivity index (χ3v) is 3.41. The van der Waals surface area contributed by atoms with Gasteiger partial charge in [0.2, 0.25) is 11.8 Å². The minimum absolute atomic E-state index is 0.200. The molecule has 0 bridgehead atoms. The fourth-order valence-electron chi connectivity index (χ4n) is 2.23. The Hall–Kier alpha value is -1.20. The average molecular weight is 262 g/mol. The number of carbonyl (C=O) groups is 2. The van der Waals surface area contributed by atoms with Crippen LogP contribution in [-0.2, 0) is 9.59 Å². The Morgan fingerprint density at radius 2 is 1.94 bits per heavy atom. The Bertz CT molecular complexity index is 347. The molecule has 0 aliphatic carbocycles. The fraction of sp³-hybridized carbons (Fsp3) is 0.833. The Labute approximate surface area is 106 Å². The maximum absolute atomic E-state index is 12.6. The number of nitrogens with zero attached hydrogens (tertiary/aromatic N) is 1. The van der Waals surface area contributed by atoms with Crippen molar-refractivity contribution in [1.29, 1.82) is 0 Å². The van der Waals surface area contributed by atoms with Gasteiger partial charge in [-0.15, -0.1) is 0 Å². The van der Waals surface area contributed by atoms with Crippen molar-refractivity contribution in [2.24, 2.45) is 5.92 Å². The van der Waals surface area contributed by atoms with E-state index in [1.54, 1.807) is 27.7 Å². The minimum atomic E-state index is -2.64. The predicted octanol–water partition coefficient (Wildman–Crippen LogP) is 1.40. The number of hydrogen-bond acceptors (Lipinski definition) is 2. The molecule has 0 aromatic rings. The lowest BCUT2D eigenvalue weighted by molar-refractivity contribution is -0.158. The second kappa shape index (κ2) is 5.20. The van der Waals surface area contributed by atoms with E-state index in [-0.39, 0.29) is 11.8 Å². The zero-order chi connectivity index (χ0) is 14.1. The molecule has 1 heterocycles. The summed E-state index contributed by atoms with van der Waals surface area (Å²) in [6.45, 7) is 6.11. The highest BCUT2D eigenvalue weighted by atomic mass is 19.3. The zero-order valence-corrected chi connectivity index (χ0v) is 11.2. The molecule has 2 amide bonds. The first kappa shape index (κ1) is 14.9. The third kappa shape index (κ3) is 2.62. The number of amides is 2. The van der Waals surface area contributed by atoms with E-state index >= 15 is 0 Å². The van der Waals surface area contributed by atoms with Crippen LogP contribution in [0.4, 0.5) is 8.78 Å². The molecule has 1 rings (SSSR count). The second-order valence-corrected chi connectivity index (χ2v) is 5.21. The van der Waals surface area contributed by atoms with Crippen molar-refractivity contribution >= 4 is 11.8 Å². The monoisotopic (exact) mass is 262 g/mol. The average Bonchev–Trinajstić information content (AvgIpc) is 2.24. The van der Waals surface area contributed by atoms with Crippen LogP contribution in [0.5, 0.6) is 0 Å². The van der Waals surface area contributed by atoms with Gasteiger partial charge < -0.3 is 10.2 Å². The molecule has 1 saturated heterocycles. The number of nitrogens with one attached hydrogen (secondary N) is 1. The Morgan fingerprint density at radius 3 is 2.33 bits per heavy atom. The number of piperazine rings is 1. The summed E-state index contributed by atoms with van der Waals surface area (Å²) in [5, 5.41) is 2.65. The van der Waals surface area contributed by atoms with Gasteiger partial charge in [-0.25, -0.2) is 8.78 Å². The minimum Gasteiger partial charge on any atom is -0.340 e. The van der Waals surface area contributed by atoms with Crippen molar-refractivity contribution in [2.75, 3.05) is 6.54 Å². The molecule has 0 aromatic carbocycles. The smallest absolute Gasteiger partial charge is 0.255 e. The summed E-state index contributed by atoms with van der Waals surface area (Å²) in [7, 11) is 0. The highest BCUT2D eigenvalue weighted by molar-refractivity contribution is 5.99. The van der Waals surface area contributed by atoms with Crippen LogP contribution in [0, 0.1) is 5.92 Å². The van der Waals surface area contributed by atoms with E-state index in [0.717, 1.165) is 4.90 Å². The van der Waals surface area contributed by atoms with Gasteiger partial charge in [-0.1, -0.05) is 20.8 Å². The number of hydrogen-bond donors (Lipinski definition) is 1. The van der Waals surface area contributed by atoms with Crippen LogP contribution in [0.15, 0.2) is 0 Å². The number of halogens is 2. The molecule has 0 spiro atoms. The summed E-state index contributed by atoms with van der Waals surface area (Å²) in [5.74, 6) is -0.979. The number of alkyl halides is 2. The quantitative estimate of drug-likeness (QED) is 0.832. The lowest BCUT2D eigenvalue weighted by atomic mass is 9.88. The van der Waals surface area contributed by atoms with Crippen LogP contribution in [0.2, 0.25) is 0 Å². The number of carbonyl (C=O) groups excluding carboxylic acids is 2. The van der Waals surface area contributed by atoms with Crippen molar-refractivity contribution < 1.29 is 18.4 Å². The Balaban J connectivity index is 3.09. The van der Waals surface area contributed by atoms with Crippen molar-refractivity contribution in [3.63, 3.8) is 0 Å². The molecule has 4 nitrogen and oxygen atoms in total. The van der Waals surface area contributed by atoms with Crippen LogP contribution in [0.1, 0.15) is 34.1 Å². The molecule has 0 aromatic heterocycles. The topological polar surface area (TPSA) is 49.4 Å². The molecule has 1 aliphatic heterocycles. The van der Waals surface area contributed by atoms with E-state index in [1.165, 1.54) is 0 Å². The standard InChI is InChI=1S/C12H20F2N2O2/c1-5-12(4)11(18)16(6-8(13)14)9(7(2)3)10(17)15-12/h7-9H,5-6H2,1-4H3,(H,15,17). The third-order valence-electron chi connectivity index (χ3n) is 3.41. The molecular formula is C12H20F2N2O2. The van der Waals surface area contributed by atoms with Crippen molar-refractivity contribution in [1.82, 2.24) is 10.2 Å². The lowest BCUT2D eigenvalue weighted by Gasteiger charge is -2.45. The Kier molecular flexibility index (Phi) is 4.29. The van der Waals surface area contributed by atoms with E-state index in [1.807, 2.05) is 0 Å². The maximum Gasteiger partial charge on any atom is 0.255 e. The summed E-state index contributed by atoms with van der Waals surface area (Å²) in [6, 6.07) is -0.814. The van der Waals surface area contributed by atoms with Gasteiger partial charge in [-0.2, -0.15) is 0 Å². The summed E-state index contributed by atoms with van der Waals surface area (Å²) in [6.07, 6.45) is -2.26. The predicted molar refractivity (Wildman–Crippen MR) is 63.2 cm³/mol. The van der Waals surface area contributed by atoms with Crippen molar-refractivity contribution in [3.05, 3.63) is 0 Å². The molecule has 1 aliphatic rings. The van der Waals surface area contributed by atoms with E-state index in [2.05, 4.69) is 5.32 Å². The molecule has 2 atom stereocenters. The van der Waals surface area contributed by atoms with Gasteiger partial charge in [0.1, 0.15) is 11.6 Å². The SMILES string of the molecule is CCC1(C)NC(=O)C(C(C)C)N(CC(F)F)C1=O. The van der Waals surface area contributed by atoms with Crippen molar-refractivity contribution in [3.8, 4) is 0 Å². The van der Waals surface area contributed by atoms with Crippen LogP contribution in [0.3, 0.4) is 0 Å². The molecule has 2 unspecified atom stereocenters. The molecule has 0 radical (unpaired) electrons. The van der Waals surface area contributed by atoms with Crippen LogP contribution >= 0.6 is 0 Å². The lowest BCUT2D eigenvalue weighted by Crippen LogP contribution is -2.70. The fourth-order valence-corrected chi connectivity index (χ4v) is 2.23. The van der Waals surface area contributed by atoms with Crippen molar-refractivity contribution in [2.45, 2.75) is 52.1 Å². The first-order chi connectivity index (χ1) is 8.23. The van der Waals surface area contributed by atoms with Crippen LogP contribution in [0.25, 0.3) is 0 Å². The molecular weight excluding hydrogens is 242 g/mol. The Morgan fingerprint density at radius 1 is 1.39 bits per heavy atom. The van der Waals surface area contributed by atoms with Gasteiger partial charge in [-0.3, -0.25) is 9.59 Å². The van der Waals surface area contributed by atoms with Gasteiger partial charge in [0.15, 0.2) is 0 Å². The molecule has 104 valence electrons. The van der Waals surface area contributed by atoms with E-state index < -0.39 is 30.5 Å². The van der Waals surface area contributed by atoms with Gasteiger partial charge in [0, 0.05) is 0 Å². The summed E-state index contributed by atoms with van der Waals surface area (Å²) in [4.78, 5) is 25.3. The largest absolute Gasteiger partial charge is 0.340 e. The van der Waals surface area contributed by atoms with Gasteiger partial charge >= 0.3 is 0 Å². The van der Waals surface area contributed by atoms with E-state index in [0.29, 0.717) is 6.42 Å². The zero-order valence-electron chi connectivity index (χ0n) is 11.2. The molecule has 1 fully saturated rings. The van der Waals surface area contributed by atoms with E-state index in [9.17, 15) is 18.4 Å². The molecule has 6 heteroatoms. The first-order valence-electron chi connectivity index (χ1n) is 6.14. The normalized spacial score (nSPS) is 29.1. The molecule has 1 N–H and O–H groups in total. The summed E-state index contributed by atoms with van der Waals surface area (Å²) < 4.78 is 25.2. The summed E-state index contributed by atoms with van der Waals surface area (Å²) in [5.41, 5.74) is -1.07. The second-order valence-electron chi connectivity index (χ2n) is 5.21. The molecule has 18 heavy (non-hydrogen) atoms. The maximum atomic E-state index is 12.6. The van der Waals surface area contributed by atoms with Gasteiger partial charge in [0.25, 0.3) is 6.43 Å². The highest BCUT2D eigenvalue weighted by Gasteiger charge is 2.48. The van der Waals surface area contributed by atoms with Crippen LogP contribution in [-0.4, -0.2) is 41.3 Å². The summed E-state index contributed by atoms with van der Waals surface area (Å²) >= 11 is 0. The molecule has 0 saturated carbocycles. The van der Waals surface area contributed by atoms with Gasteiger partial charge in [-0.05, 0) is 19.3 Å². The van der Waals surface area contributed by atoms with Crippen LogP contribution < -0.4 is 5.32 Å².